The average molecular weight is 365 g/mol. The Kier molecular flexibility index (Phi) is 5.00. The fourth-order valence-corrected chi connectivity index (χ4v) is 3.80. The van der Waals surface area contributed by atoms with Crippen LogP contribution in [-0.4, -0.2) is 25.2 Å². The number of aryl methyl sites for hydroxylation is 1. The number of aromatic nitrogens is 4. The lowest BCUT2D eigenvalue weighted by molar-refractivity contribution is 0.610. The largest absolute Gasteiger partial charge is 0.336 e. The summed E-state index contributed by atoms with van der Waals surface area (Å²) in [6, 6.07) is 6.51. The van der Waals surface area contributed by atoms with Gasteiger partial charge in [-0.25, -0.2) is 9.07 Å². The van der Waals surface area contributed by atoms with E-state index < -0.39 is 0 Å². The van der Waals surface area contributed by atoms with Gasteiger partial charge in [-0.3, -0.25) is 4.79 Å². The van der Waals surface area contributed by atoms with Gasteiger partial charge < -0.3 is 10.4 Å². The zero-order valence-electron chi connectivity index (χ0n) is 13.0. The van der Waals surface area contributed by atoms with Crippen molar-refractivity contribution in [2.24, 2.45) is 0 Å². The molecule has 24 heavy (non-hydrogen) atoms. The molecule has 0 fully saturated rings. The number of rotatable bonds is 6. The monoisotopic (exact) mass is 365 g/mol. The molecular weight excluding hydrogens is 349 g/mol. The van der Waals surface area contributed by atoms with Gasteiger partial charge in [0.25, 0.3) is 0 Å². The normalized spacial score (nSPS) is 11.1. The Morgan fingerprint density at radius 1 is 1.33 bits per heavy atom. The van der Waals surface area contributed by atoms with Crippen molar-refractivity contribution in [3.8, 4) is 0 Å². The van der Waals surface area contributed by atoms with Crippen molar-refractivity contribution in [3.05, 3.63) is 62.2 Å². The predicted octanol–water partition coefficient (Wildman–Crippen LogP) is 2.05. The van der Waals surface area contributed by atoms with E-state index in [1.807, 2.05) is 12.3 Å². The summed E-state index contributed by atoms with van der Waals surface area (Å²) in [5.74, 6) is 6.85. The molecule has 0 aliphatic heterocycles. The van der Waals surface area contributed by atoms with Crippen LogP contribution in [0.25, 0.3) is 0 Å². The van der Waals surface area contributed by atoms with Crippen molar-refractivity contribution in [2.75, 3.05) is 11.6 Å². The molecule has 0 bridgehead atoms. The summed E-state index contributed by atoms with van der Waals surface area (Å²) in [6.45, 7) is 2.48. The van der Waals surface area contributed by atoms with Gasteiger partial charge >= 0.3 is 4.87 Å². The smallest absolute Gasteiger partial charge is 0.307 e. The lowest BCUT2D eigenvalue weighted by Gasteiger charge is -2.05. The maximum absolute atomic E-state index is 13.7. The predicted molar refractivity (Wildman–Crippen MR) is 93.4 cm³/mol. The van der Waals surface area contributed by atoms with Gasteiger partial charge in [0.2, 0.25) is 5.16 Å². The first kappa shape index (κ1) is 16.7. The summed E-state index contributed by atoms with van der Waals surface area (Å²) in [5, 5.41) is 10.5. The topological polar surface area (TPSA) is 78.7 Å². The number of benzene rings is 1. The minimum atomic E-state index is -0.290. The quantitative estimate of drug-likeness (QED) is 0.534. The van der Waals surface area contributed by atoms with Crippen molar-refractivity contribution >= 4 is 23.1 Å². The molecule has 0 spiro atoms. The van der Waals surface area contributed by atoms with Crippen LogP contribution in [0.15, 0.2) is 39.6 Å². The van der Waals surface area contributed by atoms with E-state index in [0.717, 1.165) is 5.69 Å². The van der Waals surface area contributed by atoms with E-state index in [1.54, 1.807) is 22.8 Å². The van der Waals surface area contributed by atoms with Crippen LogP contribution in [0, 0.1) is 12.7 Å². The van der Waals surface area contributed by atoms with Crippen LogP contribution in [0.3, 0.4) is 0 Å². The van der Waals surface area contributed by atoms with E-state index in [4.69, 9.17) is 5.84 Å². The summed E-state index contributed by atoms with van der Waals surface area (Å²) < 4.78 is 16.8. The molecule has 126 valence electrons. The molecule has 2 N–H and O–H groups in total. The summed E-state index contributed by atoms with van der Waals surface area (Å²) in [6.07, 6.45) is 0.278. The molecule has 0 aliphatic carbocycles. The minimum absolute atomic E-state index is 0.0301. The molecular formula is C15H16FN5OS2. The lowest BCUT2D eigenvalue weighted by atomic mass is 10.1. The number of thiazole rings is 1. The summed E-state index contributed by atoms with van der Waals surface area (Å²) in [7, 11) is 0. The SMILES string of the molecule is Cc1csc(=O)n1CCSc1nnc(Cc2ccccc2F)n1N. The second-order valence-corrected chi connectivity index (χ2v) is 7.06. The van der Waals surface area contributed by atoms with E-state index in [2.05, 4.69) is 10.2 Å². The van der Waals surface area contributed by atoms with Gasteiger partial charge in [-0.2, -0.15) is 0 Å². The maximum atomic E-state index is 13.7. The van der Waals surface area contributed by atoms with Gasteiger partial charge in [-0.05, 0) is 18.6 Å². The third-order valence-corrected chi connectivity index (χ3v) is 5.37. The van der Waals surface area contributed by atoms with Crippen LogP contribution < -0.4 is 10.7 Å². The van der Waals surface area contributed by atoms with Crippen LogP contribution in [0.4, 0.5) is 4.39 Å². The Labute approximate surface area is 146 Å². The Balaban J connectivity index is 1.65. The van der Waals surface area contributed by atoms with E-state index >= 15 is 0 Å². The first-order valence-electron chi connectivity index (χ1n) is 7.26. The molecule has 2 aromatic heterocycles. The Bertz CT molecular complexity index is 901. The highest BCUT2D eigenvalue weighted by atomic mass is 32.2. The van der Waals surface area contributed by atoms with Crippen molar-refractivity contribution in [1.82, 2.24) is 19.4 Å². The number of hydrogen-bond acceptors (Lipinski definition) is 6. The van der Waals surface area contributed by atoms with Gasteiger partial charge in [0.05, 0.1) is 0 Å². The molecule has 0 aliphatic rings. The second-order valence-electron chi connectivity index (χ2n) is 5.18. The lowest BCUT2D eigenvalue weighted by Crippen LogP contribution is -2.17. The second kappa shape index (κ2) is 7.18. The highest BCUT2D eigenvalue weighted by Gasteiger charge is 2.13. The zero-order chi connectivity index (χ0) is 17.1. The molecule has 0 radical (unpaired) electrons. The molecule has 0 amide bonds. The standard InChI is InChI=1S/C15H16FN5OS2/c1-10-9-24-15(22)20(10)6-7-23-14-19-18-13(21(14)17)8-11-4-2-3-5-12(11)16/h2-5,9H,6-8,17H2,1H3. The number of hydrogen-bond donors (Lipinski definition) is 1. The fourth-order valence-electron chi connectivity index (χ4n) is 2.24. The highest BCUT2D eigenvalue weighted by Crippen LogP contribution is 2.18. The minimum Gasteiger partial charge on any atom is -0.336 e. The molecule has 0 unspecified atom stereocenters. The number of nitrogen functional groups attached to an aromatic ring is 1. The van der Waals surface area contributed by atoms with Gasteiger partial charge in [-0.15, -0.1) is 10.2 Å². The van der Waals surface area contributed by atoms with Crippen molar-refractivity contribution in [1.29, 1.82) is 0 Å². The summed E-state index contributed by atoms with van der Waals surface area (Å²) in [5.41, 5.74) is 1.47. The van der Waals surface area contributed by atoms with Crippen molar-refractivity contribution < 1.29 is 4.39 Å². The zero-order valence-corrected chi connectivity index (χ0v) is 14.6. The van der Waals surface area contributed by atoms with Crippen molar-refractivity contribution in [2.45, 2.75) is 25.0 Å². The van der Waals surface area contributed by atoms with E-state index in [-0.39, 0.29) is 17.1 Å². The maximum Gasteiger partial charge on any atom is 0.307 e. The molecule has 3 aromatic rings. The number of nitrogens with two attached hydrogens (primary N) is 1. The van der Waals surface area contributed by atoms with Crippen LogP contribution in [-0.2, 0) is 13.0 Å². The summed E-state index contributed by atoms with van der Waals surface area (Å²) in [4.78, 5) is 11.7. The third-order valence-electron chi connectivity index (χ3n) is 3.56. The van der Waals surface area contributed by atoms with E-state index in [1.165, 1.54) is 33.8 Å². The van der Waals surface area contributed by atoms with E-state index in [0.29, 0.717) is 28.8 Å². The Morgan fingerprint density at radius 3 is 2.83 bits per heavy atom. The molecule has 0 atom stereocenters. The van der Waals surface area contributed by atoms with Crippen LogP contribution in [0.1, 0.15) is 17.1 Å². The van der Waals surface area contributed by atoms with Crippen LogP contribution >= 0.6 is 23.1 Å². The molecule has 0 saturated carbocycles. The van der Waals surface area contributed by atoms with Gasteiger partial charge in [-0.1, -0.05) is 41.3 Å². The van der Waals surface area contributed by atoms with Crippen LogP contribution in [0.5, 0.6) is 0 Å². The molecule has 6 nitrogen and oxygen atoms in total. The average Bonchev–Trinajstić information content (AvgIpc) is 3.07. The number of nitrogens with zero attached hydrogens (tertiary/aromatic N) is 4. The van der Waals surface area contributed by atoms with Crippen molar-refractivity contribution in [3.63, 3.8) is 0 Å². The Morgan fingerprint density at radius 2 is 2.12 bits per heavy atom. The first-order chi connectivity index (χ1) is 11.6. The van der Waals surface area contributed by atoms with E-state index in [9.17, 15) is 9.18 Å². The van der Waals surface area contributed by atoms with Gasteiger partial charge in [0.15, 0.2) is 5.82 Å². The van der Waals surface area contributed by atoms with Gasteiger partial charge in [0.1, 0.15) is 5.82 Å². The third kappa shape index (κ3) is 3.51. The van der Waals surface area contributed by atoms with Gasteiger partial charge in [0, 0.05) is 29.8 Å². The van der Waals surface area contributed by atoms with Crippen LogP contribution in [0.2, 0.25) is 0 Å². The molecule has 3 rings (SSSR count). The molecule has 2 heterocycles. The Hall–Kier alpha value is -2.13. The molecule has 0 saturated heterocycles. The first-order valence-corrected chi connectivity index (χ1v) is 9.13. The fraction of sp³-hybridized carbons (Fsp3) is 0.267. The summed E-state index contributed by atoms with van der Waals surface area (Å²) >= 11 is 2.61. The number of halogens is 1. The highest BCUT2D eigenvalue weighted by molar-refractivity contribution is 7.99. The molecule has 1 aromatic carbocycles. The molecule has 9 heteroatoms. The number of thioether (sulfide) groups is 1.